The minimum Gasteiger partial charge on any atom is -0.334 e. The molecule has 7 aromatic carbocycles. The Morgan fingerprint density at radius 3 is 1.85 bits per heavy atom. The van der Waals surface area contributed by atoms with Crippen LogP contribution in [0.1, 0.15) is 17.9 Å². The summed E-state index contributed by atoms with van der Waals surface area (Å²) in [5.41, 5.74) is 14.6. The molecule has 260 valence electrons. The van der Waals surface area contributed by atoms with Crippen molar-refractivity contribution in [2.45, 2.75) is 18.4 Å². The minimum atomic E-state index is 0.337. The van der Waals surface area contributed by atoms with Crippen molar-refractivity contribution in [1.29, 1.82) is 0 Å². The molecule has 3 heteroatoms. The zero-order chi connectivity index (χ0) is 36.3. The first-order valence-electron chi connectivity index (χ1n) is 19.2. The molecule has 0 saturated carbocycles. The normalized spacial score (nSPS) is 18.7. The molecule has 3 unspecified atom stereocenters. The van der Waals surface area contributed by atoms with E-state index in [0.29, 0.717) is 17.9 Å². The molecule has 0 spiro atoms. The van der Waals surface area contributed by atoms with Crippen LogP contribution in [0, 0.1) is 5.92 Å². The Bertz CT molecular complexity index is 2860. The highest BCUT2D eigenvalue weighted by Crippen LogP contribution is 2.47. The molecule has 1 aromatic heterocycles. The van der Waals surface area contributed by atoms with Crippen LogP contribution < -0.4 is 4.90 Å². The van der Waals surface area contributed by atoms with E-state index in [1.165, 1.54) is 61.1 Å². The van der Waals surface area contributed by atoms with Crippen LogP contribution in [0.5, 0.6) is 0 Å². The zero-order valence-corrected chi connectivity index (χ0v) is 30.3. The lowest BCUT2D eigenvalue weighted by molar-refractivity contribution is 0.644. The number of aromatic nitrogens is 2. The van der Waals surface area contributed by atoms with Gasteiger partial charge in [-0.15, -0.1) is 0 Å². The van der Waals surface area contributed by atoms with Crippen LogP contribution in [0.25, 0.3) is 66.0 Å². The third-order valence-electron chi connectivity index (χ3n) is 11.9. The van der Waals surface area contributed by atoms with Crippen molar-refractivity contribution in [3.63, 3.8) is 0 Å². The molecule has 1 aliphatic heterocycles. The molecule has 0 amide bonds. The van der Waals surface area contributed by atoms with Gasteiger partial charge in [0.1, 0.15) is 0 Å². The molecule has 8 aromatic rings. The molecule has 2 aliphatic carbocycles. The van der Waals surface area contributed by atoms with Crippen molar-refractivity contribution >= 4 is 38.3 Å². The highest BCUT2D eigenvalue weighted by atomic mass is 15.2. The quantitative estimate of drug-likeness (QED) is 0.167. The number of fused-ring (bicyclic) bond motifs is 8. The Kier molecular flexibility index (Phi) is 7.44. The molecule has 0 radical (unpaired) electrons. The van der Waals surface area contributed by atoms with E-state index < -0.39 is 0 Å². The average molecular weight is 704 g/mol. The van der Waals surface area contributed by atoms with E-state index in [2.05, 4.69) is 187 Å². The topological polar surface area (TPSA) is 29.0 Å². The first-order chi connectivity index (χ1) is 27.3. The molecule has 3 atom stereocenters. The molecule has 2 heterocycles. The molecule has 0 saturated heterocycles. The fourth-order valence-corrected chi connectivity index (χ4v) is 9.19. The SMILES string of the molecule is C1=CC2C3=C(C=CC(c4ccc(-c5ccc(-c6cccc(-c7ccc8c9ccccc9c9nccnc9c8c7)c6)cc5)cc4)C3)N(c3ccccc3)C2C=C1. The van der Waals surface area contributed by atoms with E-state index in [0.717, 1.165) is 28.2 Å². The molecule has 0 N–H and O–H groups in total. The van der Waals surface area contributed by atoms with Gasteiger partial charge in [0.05, 0.1) is 17.1 Å². The van der Waals surface area contributed by atoms with Crippen molar-refractivity contribution < 1.29 is 0 Å². The summed E-state index contributed by atoms with van der Waals surface area (Å²) in [6, 6.07) is 53.5. The number of hydrogen-bond acceptors (Lipinski definition) is 3. The molecule has 3 aliphatic rings. The van der Waals surface area contributed by atoms with E-state index in [1.54, 1.807) is 18.0 Å². The summed E-state index contributed by atoms with van der Waals surface area (Å²) in [4.78, 5) is 12.0. The van der Waals surface area contributed by atoms with Gasteiger partial charge in [-0.25, -0.2) is 0 Å². The summed E-state index contributed by atoms with van der Waals surface area (Å²) < 4.78 is 0. The second kappa shape index (κ2) is 12.9. The molecular formula is C52H37N3. The largest absolute Gasteiger partial charge is 0.334 e. The predicted molar refractivity (Wildman–Crippen MR) is 229 cm³/mol. The number of allylic oxidation sites excluding steroid dienone is 4. The van der Waals surface area contributed by atoms with Gasteiger partial charge in [0.25, 0.3) is 0 Å². The van der Waals surface area contributed by atoms with Crippen molar-refractivity contribution in [3.05, 3.63) is 211 Å². The number of anilines is 1. The van der Waals surface area contributed by atoms with Crippen molar-refractivity contribution in [3.8, 4) is 33.4 Å². The molecule has 55 heavy (non-hydrogen) atoms. The van der Waals surface area contributed by atoms with Crippen LogP contribution in [-0.4, -0.2) is 16.0 Å². The van der Waals surface area contributed by atoms with E-state index in [4.69, 9.17) is 9.97 Å². The van der Waals surface area contributed by atoms with E-state index in [9.17, 15) is 0 Å². The van der Waals surface area contributed by atoms with Crippen LogP contribution in [-0.2, 0) is 0 Å². The maximum absolute atomic E-state index is 4.78. The summed E-state index contributed by atoms with van der Waals surface area (Å²) in [7, 11) is 0. The van der Waals surface area contributed by atoms with E-state index >= 15 is 0 Å². The second-order valence-corrected chi connectivity index (χ2v) is 14.9. The highest BCUT2D eigenvalue weighted by Gasteiger charge is 2.40. The monoisotopic (exact) mass is 703 g/mol. The van der Waals surface area contributed by atoms with Crippen LogP contribution >= 0.6 is 0 Å². The molecular weight excluding hydrogens is 667 g/mol. The smallest absolute Gasteiger partial charge is 0.0971 e. The number of benzene rings is 7. The third-order valence-corrected chi connectivity index (χ3v) is 11.9. The molecule has 11 rings (SSSR count). The van der Waals surface area contributed by atoms with Crippen molar-refractivity contribution in [2.24, 2.45) is 5.92 Å². The first-order valence-corrected chi connectivity index (χ1v) is 19.2. The Morgan fingerprint density at radius 1 is 0.473 bits per heavy atom. The number of nitrogens with zero attached hydrogens (tertiary/aromatic N) is 3. The molecule has 0 bridgehead atoms. The van der Waals surface area contributed by atoms with Crippen molar-refractivity contribution in [2.75, 3.05) is 4.90 Å². The average Bonchev–Trinajstić information content (AvgIpc) is 3.60. The fraction of sp³-hybridized carbons (Fsp3) is 0.0769. The summed E-state index contributed by atoms with van der Waals surface area (Å²) in [6.45, 7) is 0. The Morgan fingerprint density at radius 2 is 1.07 bits per heavy atom. The van der Waals surface area contributed by atoms with Crippen molar-refractivity contribution in [1.82, 2.24) is 9.97 Å². The summed E-state index contributed by atoms with van der Waals surface area (Å²) in [5, 5.41) is 4.67. The Hall–Kier alpha value is -6.84. The maximum Gasteiger partial charge on any atom is 0.0971 e. The van der Waals surface area contributed by atoms with Gasteiger partial charge in [0.2, 0.25) is 0 Å². The van der Waals surface area contributed by atoms with Gasteiger partial charge in [-0.05, 0) is 92.1 Å². The van der Waals surface area contributed by atoms with Gasteiger partial charge in [0, 0.05) is 46.4 Å². The molecule has 0 fully saturated rings. The van der Waals surface area contributed by atoms with E-state index in [-0.39, 0.29) is 0 Å². The van der Waals surface area contributed by atoms with Gasteiger partial charge in [-0.1, -0.05) is 152 Å². The lowest BCUT2D eigenvalue weighted by Gasteiger charge is -2.30. The lowest BCUT2D eigenvalue weighted by atomic mass is 9.80. The van der Waals surface area contributed by atoms with Crippen LogP contribution in [0.2, 0.25) is 0 Å². The zero-order valence-electron chi connectivity index (χ0n) is 30.3. The van der Waals surface area contributed by atoms with Crippen LogP contribution in [0.4, 0.5) is 5.69 Å². The van der Waals surface area contributed by atoms with Crippen LogP contribution in [0.3, 0.4) is 0 Å². The minimum absolute atomic E-state index is 0.337. The fourth-order valence-electron chi connectivity index (χ4n) is 9.19. The van der Waals surface area contributed by atoms with Gasteiger partial charge in [-0.2, -0.15) is 0 Å². The molecule has 3 nitrogen and oxygen atoms in total. The van der Waals surface area contributed by atoms with Gasteiger partial charge in [-0.3, -0.25) is 9.97 Å². The Balaban J connectivity index is 0.841. The number of para-hydroxylation sites is 1. The van der Waals surface area contributed by atoms with Gasteiger partial charge >= 0.3 is 0 Å². The predicted octanol–water partition coefficient (Wildman–Crippen LogP) is 12.9. The lowest BCUT2D eigenvalue weighted by Crippen LogP contribution is -2.32. The van der Waals surface area contributed by atoms with Crippen LogP contribution in [0.15, 0.2) is 206 Å². The summed E-state index contributed by atoms with van der Waals surface area (Å²) >= 11 is 0. The highest BCUT2D eigenvalue weighted by molar-refractivity contribution is 6.23. The Labute approximate surface area is 321 Å². The van der Waals surface area contributed by atoms with E-state index in [1.807, 2.05) is 0 Å². The number of hydrogen-bond donors (Lipinski definition) is 0. The van der Waals surface area contributed by atoms with Gasteiger partial charge < -0.3 is 4.90 Å². The maximum atomic E-state index is 4.78. The summed E-state index contributed by atoms with van der Waals surface area (Å²) in [6.07, 6.45) is 18.6. The third kappa shape index (κ3) is 5.34. The summed E-state index contributed by atoms with van der Waals surface area (Å²) in [5.74, 6) is 0.779. The van der Waals surface area contributed by atoms with Gasteiger partial charge in [0.15, 0.2) is 0 Å². The standard InChI is InChI=1S/C52H37N3/c1-2-11-42(12-3-1)55-49-16-7-6-14-45(49)47-32-40(26-28-50(47)55)37-23-19-35(20-24-37)34-17-21-36(22-18-34)38-9-8-10-39(31-38)41-25-27-44-43-13-4-5-15-46(43)51-52(48(44)33-41)54-30-29-53-51/h1-31,33,40,45,49H,32H2. The second-order valence-electron chi connectivity index (χ2n) is 14.9. The number of rotatable bonds is 5. The first kappa shape index (κ1) is 31.7.